The number of nitro benzene ring substituents is 1. The van der Waals surface area contributed by atoms with Crippen molar-refractivity contribution in [3.63, 3.8) is 0 Å². The van der Waals surface area contributed by atoms with Crippen LogP contribution in [0.3, 0.4) is 0 Å². The van der Waals surface area contributed by atoms with Crippen molar-refractivity contribution in [3.05, 3.63) is 62.2 Å². The Bertz CT molecular complexity index is 963. The molecule has 1 saturated heterocycles. The minimum absolute atomic E-state index is 0.0764. The fourth-order valence-corrected chi connectivity index (χ4v) is 4.36. The zero-order valence-electron chi connectivity index (χ0n) is 18.2. The lowest BCUT2D eigenvalue weighted by molar-refractivity contribution is -0.384. The maximum absolute atomic E-state index is 11.3. The number of likely N-dealkylation sites (N-methyl/N-ethyl adjacent to an activating group) is 1. The van der Waals surface area contributed by atoms with Crippen LogP contribution in [0.2, 0.25) is 5.02 Å². The number of fused-ring (bicyclic) bond motifs is 1. The Labute approximate surface area is 192 Å². The molecule has 0 saturated carbocycles. The number of ether oxygens (including phenoxy) is 3. The highest BCUT2D eigenvalue weighted by atomic mass is 35.5. The summed E-state index contributed by atoms with van der Waals surface area (Å²) < 4.78 is 17.1. The van der Waals surface area contributed by atoms with Crippen LogP contribution >= 0.6 is 11.6 Å². The molecule has 0 aliphatic carbocycles. The predicted octanol–water partition coefficient (Wildman–Crippen LogP) is 3.87. The molecule has 0 aromatic heterocycles. The number of halogens is 1. The monoisotopic (exact) mass is 461 g/mol. The summed E-state index contributed by atoms with van der Waals surface area (Å²) in [5.41, 5.74) is 2.64. The Balaban J connectivity index is 1.45. The standard InChI is InChI=1S/C23H28ClN3O5/c1-25-7-9-26(10-8-25)6-2-3-17-13-21(27(28)29)4-5-22(17)31-15-19-12-20(24)11-18-14-30-16-32-23(18)19/h4-5,11-13H,2-3,6-10,14-16H2,1H3. The highest BCUT2D eigenvalue weighted by Crippen LogP contribution is 2.33. The smallest absolute Gasteiger partial charge is 0.269 e. The van der Waals surface area contributed by atoms with E-state index in [0.29, 0.717) is 23.8 Å². The number of hydrogen-bond acceptors (Lipinski definition) is 7. The largest absolute Gasteiger partial charge is 0.488 e. The summed E-state index contributed by atoms with van der Waals surface area (Å²) in [6, 6.07) is 8.44. The Morgan fingerprint density at radius 2 is 1.97 bits per heavy atom. The topological polar surface area (TPSA) is 77.3 Å². The van der Waals surface area contributed by atoms with Crippen LogP contribution in [0, 0.1) is 10.1 Å². The first-order valence-corrected chi connectivity index (χ1v) is 11.2. The molecule has 0 unspecified atom stereocenters. The highest BCUT2D eigenvalue weighted by molar-refractivity contribution is 6.30. The second-order valence-electron chi connectivity index (χ2n) is 8.25. The van der Waals surface area contributed by atoms with Crippen molar-refractivity contribution < 1.29 is 19.1 Å². The summed E-state index contributed by atoms with van der Waals surface area (Å²) in [5.74, 6) is 1.38. The molecule has 0 bridgehead atoms. The molecule has 8 nitrogen and oxygen atoms in total. The van der Waals surface area contributed by atoms with Crippen LogP contribution in [0.4, 0.5) is 5.69 Å². The van der Waals surface area contributed by atoms with Gasteiger partial charge < -0.3 is 24.0 Å². The predicted molar refractivity (Wildman–Crippen MR) is 121 cm³/mol. The van der Waals surface area contributed by atoms with E-state index in [9.17, 15) is 10.1 Å². The molecule has 2 aromatic rings. The van der Waals surface area contributed by atoms with Crippen molar-refractivity contribution in [1.82, 2.24) is 9.80 Å². The molecular weight excluding hydrogens is 434 g/mol. The number of benzene rings is 2. The number of nitro groups is 1. The minimum atomic E-state index is -0.366. The first-order chi connectivity index (χ1) is 15.5. The van der Waals surface area contributed by atoms with Crippen molar-refractivity contribution in [1.29, 1.82) is 0 Å². The maximum atomic E-state index is 11.3. The SMILES string of the molecule is CN1CCN(CCCc2cc([N+](=O)[O-])ccc2OCc2cc(Cl)cc3c2OCOC3)CC1. The van der Waals surface area contributed by atoms with Crippen molar-refractivity contribution in [3.8, 4) is 11.5 Å². The van der Waals surface area contributed by atoms with Gasteiger partial charge in [0.15, 0.2) is 6.79 Å². The number of non-ortho nitro benzene ring substituents is 1. The Morgan fingerprint density at radius 3 is 2.75 bits per heavy atom. The molecule has 0 amide bonds. The van der Waals surface area contributed by atoms with Crippen LogP contribution in [0.15, 0.2) is 30.3 Å². The molecule has 172 valence electrons. The zero-order chi connectivity index (χ0) is 22.5. The lowest BCUT2D eigenvalue weighted by Gasteiger charge is -2.32. The zero-order valence-corrected chi connectivity index (χ0v) is 19.0. The van der Waals surface area contributed by atoms with Gasteiger partial charge in [-0.2, -0.15) is 0 Å². The van der Waals surface area contributed by atoms with Gasteiger partial charge in [0.25, 0.3) is 5.69 Å². The second kappa shape index (κ2) is 10.5. The fraction of sp³-hybridized carbons (Fsp3) is 0.478. The van der Waals surface area contributed by atoms with Gasteiger partial charge in [-0.3, -0.25) is 10.1 Å². The van der Waals surface area contributed by atoms with Gasteiger partial charge >= 0.3 is 0 Å². The van der Waals surface area contributed by atoms with Crippen LogP contribution in [0.1, 0.15) is 23.1 Å². The van der Waals surface area contributed by atoms with Crippen molar-refractivity contribution in [2.45, 2.75) is 26.1 Å². The lowest BCUT2D eigenvalue weighted by Crippen LogP contribution is -2.44. The number of nitrogens with zero attached hydrogens (tertiary/aromatic N) is 3. The van der Waals surface area contributed by atoms with E-state index >= 15 is 0 Å². The molecule has 0 spiro atoms. The van der Waals surface area contributed by atoms with Crippen molar-refractivity contribution in [2.24, 2.45) is 0 Å². The third-order valence-electron chi connectivity index (χ3n) is 5.91. The summed E-state index contributed by atoms with van der Waals surface area (Å²) in [5, 5.41) is 11.9. The van der Waals surface area contributed by atoms with Gasteiger partial charge in [-0.05, 0) is 44.6 Å². The summed E-state index contributed by atoms with van der Waals surface area (Å²) in [6.07, 6.45) is 1.62. The molecule has 2 aromatic carbocycles. The normalized spacial score (nSPS) is 16.9. The molecule has 4 rings (SSSR count). The Morgan fingerprint density at radius 1 is 1.16 bits per heavy atom. The van der Waals surface area contributed by atoms with E-state index in [2.05, 4.69) is 16.8 Å². The molecule has 0 atom stereocenters. The summed E-state index contributed by atoms with van der Waals surface area (Å²) in [6.45, 7) is 6.10. The fourth-order valence-electron chi connectivity index (χ4n) is 4.10. The van der Waals surface area contributed by atoms with Crippen LogP contribution in [0.5, 0.6) is 11.5 Å². The molecule has 2 aliphatic rings. The molecule has 0 radical (unpaired) electrons. The van der Waals surface area contributed by atoms with Gasteiger partial charge in [0.1, 0.15) is 18.1 Å². The summed E-state index contributed by atoms with van der Waals surface area (Å²) in [4.78, 5) is 15.7. The van der Waals surface area contributed by atoms with Crippen LogP contribution in [-0.2, 0) is 24.4 Å². The lowest BCUT2D eigenvalue weighted by atomic mass is 10.1. The third-order valence-corrected chi connectivity index (χ3v) is 6.12. The first kappa shape index (κ1) is 22.8. The quantitative estimate of drug-likeness (QED) is 0.436. The average Bonchev–Trinajstić information content (AvgIpc) is 2.79. The highest BCUT2D eigenvalue weighted by Gasteiger charge is 2.19. The van der Waals surface area contributed by atoms with Crippen LogP contribution in [-0.4, -0.2) is 61.3 Å². The van der Waals surface area contributed by atoms with E-state index in [0.717, 1.165) is 61.6 Å². The minimum Gasteiger partial charge on any atom is -0.488 e. The summed E-state index contributed by atoms with van der Waals surface area (Å²) in [7, 11) is 2.14. The molecule has 9 heteroatoms. The van der Waals surface area contributed by atoms with E-state index in [-0.39, 0.29) is 24.0 Å². The van der Waals surface area contributed by atoms with E-state index in [1.165, 1.54) is 6.07 Å². The van der Waals surface area contributed by atoms with Gasteiger partial charge in [0, 0.05) is 60.0 Å². The number of aryl methyl sites for hydroxylation is 1. The molecule has 2 aliphatic heterocycles. The van der Waals surface area contributed by atoms with E-state index in [1.807, 2.05) is 12.1 Å². The molecule has 32 heavy (non-hydrogen) atoms. The number of piperazine rings is 1. The molecule has 2 heterocycles. The summed E-state index contributed by atoms with van der Waals surface area (Å²) >= 11 is 6.25. The van der Waals surface area contributed by atoms with Crippen LogP contribution < -0.4 is 9.47 Å². The first-order valence-electron chi connectivity index (χ1n) is 10.8. The van der Waals surface area contributed by atoms with Gasteiger partial charge in [-0.25, -0.2) is 0 Å². The van der Waals surface area contributed by atoms with Gasteiger partial charge in [0.2, 0.25) is 0 Å². The Kier molecular flexibility index (Phi) is 7.47. The van der Waals surface area contributed by atoms with E-state index in [1.54, 1.807) is 12.1 Å². The molecule has 0 N–H and O–H groups in total. The second-order valence-corrected chi connectivity index (χ2v) is 8.69. The van der Waals surface area contributed by atoms with Gasteiger partial charge in [0.05, 0.1) is 11.5 Å². The van der Waals surface area contributed by atoms with E-state index in [4.69, 9.17) is 25.8 Å². The molecule has 1 fully saturated rings. The number of rotatable bonds is 8. The number of hydrogen-bond donors (Lipinski definition) is 0. The van der Waals surface area contributed by atoms with Crippen molar-refractivity contribution in [2.75, 3.05) is 46.6 Å². The third kappa shape index (κ3) is 5.69. The van der Waals surface area contributed by atoms with Crippen molar-refractivity contribution >= 4 is 17.3 Å². The van der Waals surface area contributed by atoms with Crippen LogP contribution in [0.25, 0.3) is 0 Å². The van der Waals surface area contributed by atoms with Gasteiger partial charge in [-0.1, -0.05) is 11.6 Å². The van der Waals surface area contributed by atoms with E-state index < -0.39 is 0 Å². The van der Waals surface area contributed by atoms with Gasteiger partial charge in [-0.15, -0.1) is 0 Å². The maximum Gasteiger partial charge on any atom is 0.269 e. The average molecular weight is 462 g/mol. The Hall–Kier alpha value is -2.39. The molecular formula is C23H28ClN3O5.